The highest BCUT2D eigenvalue weighted by Gasteiger charge is 2.32. The van der Waals surface area contributed by atoms with E-state index < -0.39 is 0 Å². The zero-order valence-electron chi connectivity index (χ0n) is 15.5. The van der Waals surface area contributed by atoms with Gasteiger partial charge < -0.3 is 18.9 Å². The summed E-state index contributed by atoms with van der Waals surface area (Å²) in [6.07, 6.45) is 12.5. The van der Waals surface area contributed by atoms with Crippen molar-refractivity contribution in [3.8, 4) is 0 Å². The molecule has 2 rings (SSSR count). The van der Waals surface area contributed by atoms with Crippen LogP contribution in [0.2, 0.25) is 0 Å². The van der Waals surface area contributed by atoms with Gasteiger partial charge in [0.1, 0.15) is 0 Å². The Bertz CT molecular complexity index is 236. The van der Waals surface area contributed by atoms with Crippen LogP contribution in [0.1, 0.15) is 79.1 Å². The Hall–Kier alpha value is 0.130. The molecule has 25 heavy (non-hydrogen) atoms. The summed E-state index contributed by atoms with van der Waals surface area (Å²) in [7, 11) is 7.08. The average molecular weight is 385 g/mol. The lowest BCUT2D eigenvalue weighted by Crippen LogP contribution is -2.38. The Balaban J connectivity index is -0.000000346. The largest absolute Gasteiger partial charge is 0.382 e. The van der Waals surface area contributed by atoms with E-state index in [1.54, 1.807) is 28.4 Å². The number of methoxy groups -OCH3 is 4. The molecular formula is C20H45ClO4. The van der Waals surface area contributed by atoms with E-state index in [4.69, 9.17) is 18.9 Å². The van der Waals surface area contributed by atoms with Gasteiger partial charge in [-0.15, -0.1) is 12.4 Å². The Morgan fingerprint density at radius 1 is 0.560 bits per heavy atom. The van der Waals surface area contributed by atoms with E-state index in [2.05, 4.69) is 0 Å². The molecule has 0 heterocycles. The third-order valence-electron chi connectivity index (χ3n) is 5.21. The minimum absolute atomic E-state index is 0. The molecule has 0 N–H and O–H groups in total. The van der Waals surface area contributed by atoms with E-state index >= 15 is 0 Å². The van der Waals surface area contributed by atoms with Crippen LogP contribution in [0.4, 0.5) is 0 Å². The summed E-state index contributed by atoms with van der Waals surface area (Å²) in [5.74, 6) is 0. The molecule has 0 aromatic carbocycles. The Morgan fingerprint density at radius 2 is 0.840 bits per heavy atom. The molecule has 0 aromatic rings. The van der Waals surface area contributed by atoms with Crippen molar-refractivity contribution in [2.24, 2.45) is 0 Å². The molecule has 5 heteroatoms. The van der Waals surface area contributed by atoms with Crippen LogP contribution >= 0.6 is 12.4 Å². The van der Waals surface area contributed by atoms with Crippen molar-refractivity contribution in [1.29, 1.82) is 0 Å². The third-order valence-corrected chi connectivity index (χ3v) is 5.21. The molecule has 2 aliphatic carbocycles. The normalized spacial score (nSPS) is 20.6. The van der Waals surface area contributed by atoms with Crippen molar-refractivity contribution in [3.63, 3.8) is 0 Å². The number of halogens is 1. The van der Waals surface area contributed by atoms with Crippen molar-refractivity contribution < 1.29 is 18.9 Å². The van der Waals surface area contributed by atoms with E-state index in [1.807, 2.05) is 0 Å². The lowest BCUT2D eigenvalue weighted by molar-refractivity contribution is -0.0858. The van der Waals surface area contributed by atoms with Crippen molar-refractivity contribution in [2.45, 2.75) is 90.3 Å². The van der Waals surface area contributed by atoms with E-state index in [9.17, 15) is 0 Å². The fourth-order valence-electron chi connectivity index (χ4n) is 3.73. The molecule has 0 aromatic heterocycles. The molecule has 0 amide bonds. The number of ether oxygens (including phenoxy) is 4. The topological polar surface area (TPSA) is 36.9 Å². The fraction of sp³-hybridized carbons (Fsp3) is 1.00. The van der Waals surface area contributed by atoms with Gasteiger partial charge in [-0.1, -0.05) is 53.4 Å². The predicted molar refractivity (Wildman–Crippen MR) is 110 cm³/mol. The number of hydrogen-bond donors (Lipinski definition) is 0. The summed E-state index contributed by atoms with van der Waals surface area (Å²) in [4.78, 5) is 0. The van der Waals surface area contributed by atoms with Gasteiger partial charge in [-0.25, -0.2) is 0 Å². The summed E-state index contributed by atoms with van der Waals surface area (Å²) in [6, 6.07) is 0. The first-order chi connectivity index (χ1) is 10.7. The van der Waals surface area contributed by atoms with Gasteiger partial charge in [0.25, 0.3) is 0 Å². The van der Waals surface area contributed by atoms with Crippen LogP contribution in [-0.2, 0) is 18.9 Å². The maximum Gasteiger partial charge on any atom is 0.0910 e. The summed E-state index contributed by atoms with van der Waals surface area (Å²) < 4.78 is 21.3. The third kappa shape index (κ3) is 10.1. The SMILES string of the molecule is C.C.COCC1(OC)CCCCC1.COCC1(OC)CCCCC1.Cl. The van der Waals surface area contributed by atoms with Crippen molar-refractivity contribution >= 4 is 12.4 Å². The van der Waals surface area contributed by atoms with Gasteiger partial charge >= 0.3 is 0 Å². The van der Waals surface area contributed by atoms with Crippen LogP contribution in [-0.4, -0.2) is 52.9 Å². The van der Waals surface area contributed by atoms with Crippen molar-refractivity contribution in [1.82, 2.24) is 0 Å². The Morgan fingerprint density at radius 3 is 1.04 bits per heavy atom. The Labute approximate surface area is 163 Å². The molecule has 0 aliphatic heterocycles. The highest BCUT2D eigenvalue weighted by molar-refractivity contribution is 5.85. The van der Waals surface area contributed by atoms with Gasteiger partial charge in [-0.3, -0.25) is 0 Å². The maximum atomic E-state index is 5.49. The van der Waals surface area contributed by atoms with Crippen molar-refractivity contribution in [2.75, 3.05) is 41.7 Å². The van der Waals surface area contributed by atoms with Crippen LogP contribution < -0.4 is 0 Å². The summed E-state index contributed by atoms with van der Waals surface area (Å²) in [6.45, 7) is 1.51. The number of rotatable bonds is 6. The zero-order valence-corrected chi connectivity index (χ0v) is 16.3. The average Bonchev–Trinajstić information content (AvgIpc) is 2.58. The molecule has 0 unspecified atom stereocenters. The monoisotopic (exact) mass is 384 g/mol. The molecule has 0 radical (unpaired) electrons. The zero-order chi connectivity index (χ0) is 16.3. The van der Waals surface area contributed by atoms with Gasteiger partial charge in [0.05, 0.1) is 24.4 Å². The molecule has 0 bridgehead atoms. The van der Waals surface area contributed by atoms with Crippen LogP contribution in [0, 0.1) is 0 Å². The van der Waals surface area contributed by atoms with Gasteiger partial charge in [0.2, 0.25) is 0 Å². The van der Waals surface area contributed by atoms with E-state index in [0.29, 0.717) is 0 Å². The fourth-order valence-corrected chi connectivity index (χ4v) is 3.73. The lowest BCUT2D eigenvalue weighted by Gasteiger charge is -2.35. The molecule has 0 spiro atoms. The van der Waals surface area contributed by atoms with Crippen LogP contribution in [0.5, 0.6) is 0 Å². The minimum Gasteiger partial charge on any atom is -0.382 e. The van der Waals surface area contributed by atoms with Crippen molar-refractivity contribution in [3.05, 3.63) is 0 Å². The maximum absolute atomic E-state index is 5.49. The molecule has 2 aliphatic rings. The standard InChI is InChI=1S/2C9H18O2.2CH4.ClH/c2*1-10-8-9(11-2)6-4-3-5-7-9;;;/h2*3-8H2,1-2H3;2*1H4;1H. The summed E-state index contributed by atoms with van der Waals surface area (Å²) in [5, 5.41) is 0. The molecule has 2 fully saturated rings. The van der Waals surface area contributed by atoms with Gasteiger partial charge in [-0.05, 0) is 25.7 Å². The van der Waals surface area contributed by atoms with Crippen LogP contribution in [0.25, 0.3) is 0 Å². The second kappa shape index (κ2) is 16.3. The molecule has 2 saturated carbocycles. The van der Waals surface area contributed by atoms with Crippen LogP contribution in [0.3, 0.4) is 0 Å². The first-order valence-electron chi connectivity index (χ1n) is 8.74. The van der Waals surface area contributed by atoms with E-state index in [1.165, 1.54) is 38.5 Å². The van der Waals surface area contributed by atoms with E-state index in [-0.39, 0.29) is 38.5 Å². The summed E-state index contributed by atoms with van der Waals surface area (Å²) in [5.41, 5.74) is 0.0972. The van der Waals surface area contributed by atoms with Gasteiger partial charge in [0.15, 0.2) is 0 Å². The molecule has 156 valence electrons. The first kappa shape index (κ1) is 29.9. The first-order valence-corrected chi connectivity index (χ1v) is 8.74. The molecule has 0 atom stereocenters. The second-order valence-electron chi connectivity index (χ2n) is 6.76. The Kier molecular flexibility index (Phi) is 19.5. The van der Waals surface area contributed by atoms with Gasteiger partial charge in [0, 0.05) is 28.4 Å². The molecule has 4 nitrogen and oxygen atoms in total. The summed E-state index contributed by atoms with van der Waals surface area (Å²) >= 11 is 0. The second-order valence-corrected chi connectivity index (χ2v) is 6.76. The highest BCUT2D eigenvalue weighted by atomic mass is 35.5. The smallest absolute Gasteiger partial charge is 0.0910 e. The quantitative estimate of drug-likeness (QED) is 0.592. The van der Waals surface area contributed by atoms with Crippen LogP contribution in [0.15, 0.2) is 0 Å². The minimum atomic E-state index is 0. The number of hydrogen-bond acceptors (Lipinski definition) is 4. The molecular weight excluding hydrogens is 340 g/mol. The highest BCUT2D eigenvalue weighted by Crippen LogP contribution is 2.31. The lowest BCUT2D eigenvalue weighted by atomic mass is 9.85. The predicted octanol–water partition coefficient (Wildman–Crippen LogP) is 5.66. The molecule has 0 saturated heterocycles. The van der Waals surface area contributed by atoms with E-state index in [0.717, 1.165) is 38.9 Å². The van der Waals surface area contributed by atoms with Gasteiger partial charge in [-0.2, -0.15) is 0 Å².